The van der Waals surface area contributed by atoms with Gasteiger partial charge >= 0.3 is 6.01 Å². The van der Waals surface area contributed by atoms with Crippen LogP contribution in [0.5, 0.6) is 5.75 Å². The van der Waals surface area contributed by atoms with Gasteiger partial charge in [-0.1, -0.05) is 53.6 Å². The largest absolute Gasteiger partial charge is 0.484 e. The van der Waals surface area contributed by atoms with Crippen molar-refractivity contribution in [2.75, 3.05) is 11.9 Å². The number of nitrogens with one attached hydrogen (secondary N) is 1. The number of aromatic nitrogens is 2. The summed E-state index contributed by atoms with van der Waals surface area (Å²) in [6.45, 7) is 3.99. The maximum Gasteiger partial charge on any atom is 0.322 e. The van der Waals surface area contributed by atoms with Crippen molar-refractivity contribution in [1.82, 2.24) is 10.2 Å². The van der Waals surface area contributed by atoms with Gasteiger partial charge in [0.05, 0.1) is 6.42 Å². The Morgan fingerprint density at radius 2 is 1.79 bits per heavy atom. The number of benzene rings is 3. The quantitative estimate of drug-likeness (QED) is 0.529. The summed E-state index contributed by atoms with van der Waals surface area (Å²) in [5.74, 6) is 0.707. The molecule has 0 aliphatic rings. The summed E-state index contributed by atoms with van der Waals surface area (Å²) in [4.78, 5) is 12.1. The van der Waals surface area contributed by atoms with E-state index in [-0.39, 0.29) is 18.5 Å². The van der Waals surface area contributed by atoms with Crippen LogP contribution in [0.25, 0.3) is 10.8 Å². The van der Waals surface area contributed by atoms with E-state index >= 15 is 0 Å². The van der Waals surface area contributed by atoms with Crippen LogP contribution in [0, 0.1) is 13.8 Å². The lowest BCUT2D eigenvalue weighted by atomic mass is 10.0. The van der Waals surface area contributed by atoms with Crippen LogP contribution in [0.2, 0.25) is 0 Å². The number of nitrogens with zero attached hydrogens (tertiary/aromatic N) is 2. The fourth-order valence-electron chi connectivity index (χ4n) is 3.03. The van der Waals surface area contributed by atoms with Gasteiger partial charge in [0, 0.05) is 0 Å². The summed E-state index contributed by atoms with van der Waals surface area (Å²) in [6, 6.07) is 19.9. The van der Waals surface area contributed by atoms with Crippen LogP contribution in [0.15, 0.2) is 65.1 Å². The number of ether oxygens (including phenoxy) is 1. The first-order chi connectivity index (χ1) is 14.1. The van der Waals surface area contributed by atoms with Crippen molar-refractivity contribution in [3.63, 3.8) is 0 Å². The second kappa shape index (κ2) is 8.14. The molecule has 1 aromatic heterocycles. The molecule has 6 nitrogen and oxygen atoms in total. The highest BCUT2D eigenvalue weighted by Crippen LogP contribution is 2.20. The highest BCUT2D eigenvalue weighted by molar-refractivity contribution is 5.90. The van der Waals surface area contributed by atoms with Gasteiger partial charge in [-0.25, -0.2) is 0 Å². The summed E-state index contributed by atoms with van der Waals surface area (Å²) < 4.78 is 11.1. The minimum absolute atomic E-state index is 0.0657. The van der Waals surface area contributed by atoms with E-state index < -0.39 is 0 Å². The predicted octanol–water partition coefficient (Wildman–Crippen LogP) is 4.45. The van der Waals surface area contributed by atoms with Crippen LogP contribution in [0.4, 0.5) is 6.01 Å². The van der Waals surface area contributed by atoms with Gasteiger partial charge in [0.25, 0.3) is 5.91 Å². The number of aryl methyl sites for hydroxylation is 2. The van der Waals surface area contributed by atoms with Crippen molar-refractivity contribution in [3.8, 4) is 5.75 Å². The molecule has 1 N–H and O–H groups in total. The zero-order valence-electron chi connectivity index (χ0n) is 16.3. The third-order valence-electron chi connectivity index (χ3n) is 4.73. The molecule has 0 atom stereocenters. The number of carbonyl (C=O) groups is 1. The number of amides is 1. The van der Waals surface area contributed by atoms with Crippen molar-refractivity contribution in [2.45, 2.75) is 20.3 Å². The van der Waals surface area contributed by atoms with E-state index in [4.69, 9.17) is 9.15 Å². The SMILES string of the molecule is Cc1ccc(Cc2nnc(NC(=O)COc3ccc4ccccc4c3)o2)cc1C. The molecule has 4 aromatic rings. The van der Waals surface area contributed by atoms with Crippen molar-refractivity contribution >= 4 is 22.7 Å². The van der Waals surface area contributed by atoms with E-state index in [1.165, 1.54) is 11.1 Å². The van der Waals surface area contributed by atoms with E-state index in [9.17, 15) is 4.79 Å². The van der Waals surface area contributed by atoms with E-state index in [1.54, 1.807) is 0 Å². The Morgan fingerprint density at radius 3 is 2.62 bits per heavy atom. The molecule has 0 fully saturated rings. The fourth-order valence-corrected chi connectivity index (χ4v) is 3.03. The molecular formula is C23H21N3O3. The predicted molar refractivity (Wildman–Crippen MR) is 111 cm³/mol. The third kappa shape index (κ3) is 4.60. The van der Waals surface area contributed by atoms with Gasteiger partial charge in [-0.2, -0.15) is 0 Å². The molecule has 0 aliphatic heterocycles. The molecule has 146 valence electrons. The number of fused-ring (bicyclic) bond motifs is 1. The minimum Gasteiger partial charge on any atom is -0.484 e. The highest BCUT2D eigenvalue weighted by Gasteiger charge is 2.11. The molecule has 6 heteroatoms. The molecule has 4 rings (SSSR count). The number of anilines is 1. The Balaban J connectivity index is 1.33. The van der Waals surface area contributed by atoms with Gasteiger partial charge in [0.15, 0.2) is 6.61 Å². The normalized spacial score (nSPS) is 10.8. The lowest BCUT2D eigenvalue weighted by Gasteiger charge is -2.06. The lowest BCUT2D eigenvalue weighted by molar-refractivity contribution is -0.118. The van der Waals surface area contributed by atoms with E-state index in [0.29, 0.717) is 18.1 Å². The average molecular weight is 387 g/mol. The molecule has 3 aromatic carbocycles. The van der Waals surface area contributed by atoms with Crippen LogP contribution < -0.4 is 10.1 Å². The summed E-state index contributed by atoms with van der Waals surface area (Å²) in [6.07, 6.45) is 0.511. The Bertz CT molecular complexity index is 1170. The molecule has 0 unspecified atom stereocenters. The first-order valence-electron chi connectivity index (χ1n) is 9.37. The van der Waals surface area contributed by atoms with Gasteiger partial charge in [-0.15, -0.1) is 5.10 Å². The monoisotopic (exact) mass is 387 g/mol. The van der Waals surface area contributed by atoms with Crippen molar-refractivity contribution in [3.05, 3.63) is 83.2 Å². The van der Waals surface area contributed by atoms with Crippen molar-refractivity contribution in [2.24, 2.45) is 0 Å². The summed E-state index contributed by atoms with van der Waals surface area (Å²) in [7, 11) is 0. The Kier molecular flexibility index (Phi) is 5.24. The number of hydrogen-bond acceptors (Lipinski definition) is 5. The fraction of sp³-hybridized carbons (Fsp3) is 0.174. The van der Waals surface area contributed by atoms with Gasteiger partial charge in [-0.3, -0.25) is 10.1 Å². The Morgan fingerprint density at radius 1 is 0.966 bits per heavy atom. The molecule has 0 spiro atoms. The maximum atomic E-state index is 12.1. The van der Waals surface area contributed by atoms with Crippen molar-refractivity contribution < 1.29 is 13.9 Å². The van der Waals surface area contributed by atoms with Gasteiger partial charge in [-0.05, 0) is 53.4 Å². The second-order valence-electron chi connectivity index (χ2n) is 6.94. The number of hydrogen-bond donors (Lipinski definition) is 1. The molecular weight excluding hydrogens is 366 g/mol. The first-order valence-corrected chi connectivity index (χ1v) is 9.37. The van der Waals surface area contributed by atoms with E-state index in [1.807, 2.05) is 48.5 Å². The topological polar surface area (TPSA) is 77.2 Å². The lowest BCUT2D eigenvalue weighted by Crippen LogP contribution is -2.20. The third-order valence-corrected chi connectivity index (χ3v) is 4.73. The van der Waals surface area contributed by atoms with Crippen molar-refractivity contribution in [1.29, 1.82) is 0 Å². The highest BCUT2D eigenvalue weighted by atomic mass is 16.5. The van der Waals surface area contributed by atoms with Crippen LogP contribution in [-0.4, -0.2) is 22.7 Å². The molecule has 0 saturated heterocycles. The minimum atomic E-state index is -0.362. The van der Waals surface area contributed by atoms with E-state index in [2.05, 4.69) is 41.5 Å². The molecule has 1 heterocycles. The van der Waals surface area contributed by atoms with Crippen LogP contribution in [-0.2, 0) is 11.2 Å². The van der Waals surface area contributed by atoms with Gasteiger partial charge in [0.2, 0.25) is 5.89 Å². The zero-order chi connectivity index (χ0) is 20.2. The van der Waals surface area contributed by atoms with Crippen LogP contribution >= 0.6 is 0 Å². The average Bonchev–Trinajstić information content (AvgIpc) is 3.15. The number of rotatable bonds is 6. The van der Waals surface area contributed by atoms with Gasteiger partial charge in [0.1, 0.15) is 5.75 Å². The summed E-state index contributed by atoms with van der Waals surface area (Å²) in [5.41, 5.74) is 3.52. The Hall–Kier alpha value is -3.67. The van der Waals surface area contributed by atoms with E-state index in [0.717, 1.165) is 16.3 Å². The standard InChI is InChI=1S/C23H21N3O3/c1-15-7-8-17(11-16(15)2)12-22-25-26-23(29-22)24-21(27)14-28-20-10-9-18-5-3-4-6-19(18)13-20/h3-11,13H,12,14H2,1-2H3,(H,24,26,27). The Labute approximate surface area is 168 Å². The van der Waals surface area contributed by atoms with Crippen LogP contribution in [0.3, 0.4) is 0 Å². The second-order valence-corrected chi connectivity index (χ2v) is 6.94. The van der Waals surface area contributed by atoms with Crippen LogP contribution in [0.1, 0.15) is 22.6 Å². The summed E-state index contributed by atoms with van der Waals surface area (Å²) in [5, 5.41) is 12.6. The smallest absolute Gasteiger partial charge is 0.322 e. The molecule has 0 radical (unpaired) electrons. The maximum absolute atomic E-state index is 12.1. The zero-order valence-corrected chi connectivity index (χ0v) is 16.3. The van der Waals surface area contributed by atoms with Gasteiger partial charge < -0.3 is 9.15 Å². The number of carbonyl (C=O) groups excluding carboxylic acids is 1. The molecule has 0 aliphatic carbocycles. The molecule has 1 amide bonds. The summed E-state index contributed by atoms with van der Waals surface area (Å²) >= 11 is 0. The molecule has 0 saturated carbocycles. The first kappa shape index (κ1) is 18.7. The molecule has 0 bridgehead atoms. The molecule has 29 heavy (non-hydrogen) atoms.